The van der Waals surface area contributed by atoms with E-state index in [1.54, 1.807) is 12.0 Å². The molecule has 0 spiro atoms. The van der Waals surface area contributed by atoms with E-state index in [0.29, 0.717) is 41.2 Å². The Labute approximate surface area is 255 Å². The minimum absolute atomic E-state index is 0.0587. The van der Waals surface area contributed by atoms with E-state index in [1.165, 1.54) is 19.3 Å². The molecule has 4 aliphatic carbocycles. The van der Waals surface area contributed by atoms with Crippen LogP contribution in [0.25, 0.3) is 11.1 Å². The Balaban J connectivity index is 1.19. The first-order chi connectivity index (χ1) is 20.6. The molecule has 2 aromatic rings. The zero-order chi connectivity index (χ0) is 30.5. The fourth-order valence-electron chi connectivity index (χ4n) is 8.01. The lowest BCUT2D eigenvalue weighted by atomic mass is 9.45. The largest absolute Gasteiger partial charge is 0.394 e. The number of rotatable bonds is 10. The lowest BCUT2D eigenvalue weighted by Crippen LogP contribution is -2.62. The second kappa shape index (κ2) is 12.0. The van der Waals surface area contributed by atoms with E-state index < -0.39 is 24.2 Å². The maximum atomic E-state index is 13.9. The van der Waals surface area contributed by atoms with Gasteiger partial charge in [0.2, 0.25) is 5.91 Å². The van der Waals surface area contributed by atoms with Gasteiger partial charge in [-0.3, -0.25) is 14.4 Å². The first-order valence-corrected chi connectivity index (χ1v) is 16.1. The monoisotopic (exact) mass is 589 g/mol. The predicted octanol–water partition coefficient (Wildman–Crippen LogP) is 4.15. The molecule has 0 aromatic heterocycles. The number of aliphatic hydroxyl groups is 2. The molecule has 2 amide bonds. The van der Waals surface area contributed by atoms with Crippen molar-refractivity contribution in [3.8, 4) is 11.1 Å². The van der Waals surface area contributed by atoms with Crippen LogP contribution < -0.4 is 10.6 Å². The number of amides is 2. The van der Waals surface area contributed by atoms with Gasteiger partial charge < -0.3 is 20.8 Å². The first-order valence-electron chi connectivity index (χ1n) is 16.1. The third-order valence-electron chi connectivity index (χ3n) is 11.0. The summed E-state index contributed by atoms with van der Waals surface area (Å²) < 4.78 is 0. The molecular formula is C35H47N3O5. The summed E-state index contributed by atoms with van der Waals surface area (Å²) in [6.07, 6.45) is 3.05. The van der Waals surface area contributed by atoms with Crippen molar-refractivity contribution in [1.82, 2.24) is 15.7 Å². The Morgan fingerprint density at radius 3 is 2.47 bits per heavy atom. The van der Waals surface area contributed by atoms with Crippen LogP contribution in [0.15, 0.2) is 48.5 Å². The average Bonchev–Trinajstić information content (AvgIpc) is 3.75. The summed E-state index contributed by atoms with van der Waals surface area (Å²) in [6, 6.07) is 15.0. The molecule has 8 atom stereocenters. The number of nitrogens with zero attached hydrogens (tertiary/aromatic N) is 1. The zero-order valence-corrected chi connectivity index (χ0v) is 25.8. The maximum Gasteiger partial charge on any atom is 0.251 e. The minimum Gasteiger partial charge on any atom is -0.394 e. The minimum atomic E-state index is -0.839. The van der Waals surface area contributed by atoms with Crippen LogP contribution >= 0.6 is 0 Å². The van der Waals surface area contributed by atoms with Crippen molar-refractivity contribution in [3.63, 3.8) is 0 Å². The number of hydroxylamine groups is 2. The van der Waals surface area contributed by atoms with Crippen molar-refractivity contribution < 1.29 is 24.6 Å². The topological polar surface area (TPSA) is 111 Å². The molecule has 4 N–H and O–H groups in total. The third-order valence-corrected chi connectivity index (χ3v) is 11.0. The summed E-state index contributed by atoms with van der Waals surface area (Å²) in [6.45, 7) is 9.35. The molecule has 8 nitrogen and oxygen atoms in total. The van der Waals surface area contributed by atoms with Crippen LogP contribution in [0.4, 0.5) is 0 Å². The number of carbonyl (C=O) groups excluding carboxylic acids is 2. The van der Waals surface area contributed by atoms with E-state index in [4.69, 9.17) is 4.84 Å². The fraction of sp³-hybridized carbons (Fsp3) is 0.600. The summed E-state index contributed by atoms with van der Waals surface area (Å²) >= 11 is 0. The highest BCUT2D eigenvalue weighted by molar-refractivity contribution is 5.95. The van der Waals surface area contributed by atoms with Crippen LogP contribution in [0.2, 0.25) is 0 Å². The van der Waals surface area contributed by atoms with Crippen molar-refractivity contribution in [2.75, 3.05) is 13.2 Å². The lowest BCUT2D eigenvalue weighted by molar-refractivity contribution is -0.183. The Hall–Kier alpha value is -2.78. The van der Waals surface area contributed by atoms with Gasteiger partial charge in [0.25, 0.3) is 5.91 Å². The average molecular weight is 590 g/mol. The van der Waals surface area contributed by atoms with Gasteiger partial charge in [-0.15, -0.1) is 0 Å². The molecule has 4 saturated carbocycles. The number of carbonyl (C=O) groups is 2. The van der Waals surface area contributed by atoms with Gasteiger partial charge in [-0.2, -0.15) is 5.06 Å². The summed E-state index contributed by atoms with van der Waals surface area (Å²) in [7, 11) is 0. The van der Waals surface area contributed by atoms with E-state index in [-0.39, 0.29) is 24.5 Å². The van der Waals surface area contributed by atoms with Gasteiger partial charge in [0.05, 0.1) is 19.3 Å². The van der Waals surface area contributed by atoms with E-state index in [1.807, 2.05) is 48.5 Å². The Morgan fingerprint density at radius 1 is 1.09 bits per heavy atom. The van der Waals surface area contributed by atoms with E-state index in [0.717, 1.165) is 29.7 Å². The van der Waals surface area contributed by atoms with Gasteiger partial charge in [0.15, 0.2) is 0 Å². The van der Waals surface area contributed by atoms with E-state index in [9.17, 15) is 19.8 Å². The molecular weight excluding hydrogens is 542 g/mol. The molecule has 1 saturated heterocycles. The van der Waals surface area contributed by atoms with Gasteiger partial charge in [0.1, 0.15) is 12.1 Å². The second-order valence-electron chi connectivity index (χ2n) is 14.2. The van der Waals surface area contributed by atoms with E-state index in [2.05, 4.69) is 31.4 Å². The van der Waals surface area contributed by atoms with Crippen molar-refractivity contribution in [1.29, 1.82) is 0 Å². The molecule has 5 aliphatic rings. The molecule has 7 rings (SSSR count). The Bertz CT molecular complexity index is 1340. The van der Waals surface area contributed by atoms with Gasteiger partial charge in [0, 0.05) is 24.1 Å². The summed E-state index contributed by atoms with van der Waals surface area (Å²) in [5.74, 6) is 1.42. The molecule has 8 heteroatoms. The molecule has 5 fully saturated rings. The number of hydrogen-bond acceptors (Lipinski definition) is 6. The van der Waals surface area contributed by atoms with Crippen LogP contribution in [0.1, 0.15) is 69.3 Å². The summed E-state index contributed by atoms with van der Waals surface area (Å²) in [5, 5.41) is 28.9. The zero-order valence-electron chi connectivity index (χ0n) is 25.8. The number of nitrogens with one attached hydrogen (secondary N) is 2. The SMILES string of the molecule is C[C@@H]1[C@@H](NC(=O)[C@@H]2[C@H]([C@H](C)O)[C@H](CO)ON2Cc2cccc(-c3cccc(C(=O)NCC4CC4)c3)c2)C[C@H]2C[C@@H]1C2(C)C. The second-order valence-corrected chi connectivity index (χ2v) is 14.2. The standard InChI is InChI=1S/C35H47N3O5/c1-20-28-15-27(35(28,3)4)16-29(20)37-34(42)32-31(21(2)40)30(19-39)43-38(32)18-23-7-5-8-24(13-23)25-9-6-10-26(14-25)33(41)36-17-22-11-12-22/h5-10,13-14,20-22,27-32,39-40H,11-12,15-19H2,1-4H3,(H,36,41)(H,37,42)/t20-,21-,27+,28-,29-,30-,31+,32-/m0/s1. The van der Waals surface area contributed by atoms with Crippen molar-refractivity contribution in [2.45, 2.75) is 84.2 Å². The van der Waals surface area contributed by atoms with Crippen LogP contribution in [0.3, 0.4) is 0 Å². The van der Waals surface area contributed by atoms with Crippen LogP contribution in [-0.2, 0) is 16.2 Å². The molecule has 2 bridgehead atoms. The number of fused-ring (bicyclic) bond motifs is 2. The van der Waals surface area contributed by atoms with Crippen molar-refractivity contribution in [2.24, 2.45) is 35.0 Å². The van der Waals surface area contributed by atoms with Crippen LogP contribution in [0.5, 0.6) is 0 Å². The normalized spacial score (nSPS) is 32.1. The van der Waals surface area contributed by atoms with Crippen molar-refractivity contribution >= 4 is 11.8 Å². The van der Waals surface area contributed by atoms with Gasteiger partial charge >= 0.3 is 0 Å². The lowest BCUT2D eigenvalue weighted by Gasteiger charge is -2.62. The van der Waals surface area contributed by atoms with Crippen molar-refractivity contribution in [3.05, 3.63) is 59.7 Å². The number of aliphatic hydroxyl groups excluding tert-OH is 2. The molecule has 0 unspecified atom stereocenters. The Kier molecular flexibility index (Phi) is 8.41. The highest BCUT2D eigenvalue weighted by atomic mass is 16.7. The maximum absolute atomic E-state index is 13.9. The molecule has 1 aliphatic heterocycles. The fourth-order valence-corrected chi connectivity index (χ4v) is 8.01. The summed E-state index contributed by atoms with van der Waals surface area (Å²) in [5.41, 5.74) is 3.76. The third kappa shape index (κ3) is 5.99. The van der Waals surface area contributed by atoms with Crippen LogP contribution in [0, 0.1) is 35.0 Å². The molecule has 2 aromatic carbocycles. The smallest absolute Gasteiger partial charge is 0.251 e. The van der Waals surface area contributed by atoms with E-state index >= 15 is 0 Å². The summed E-state index contributed by atoms with van der Waals surface area (Å²) in [4.78, 5) is 32.8. The number of benzene rings is 2. The molecule has 0 radical (unpaired) electrons. The van der Waals surface area contributed by atoms with Gasteiger partial charge in [-0.1, -0.05) is 51.1 Å². The van der Waals surface area contributed by atoms with Gasteiger partial charge in [-0.25, -0.2) is 0 Å². The number of hydrogen-bond donors (Lipinski definition) is 4. The van der Waals surface area contributed by atoms with Crippen LogP contribution in [-0.4, -0.2) is 64.5 Å². The Morgan fingerprint density at radius 2 is 1.81 bits per heavy atom. The quantitative estimate of drug-likeness (QED) is 0.331. The first kappa shape index (κ1) is 30.3. The molecule has 232 valence electrons. The highest BCUT2D eigenvalue weighted by Gasteiger charge is 2.57. The highest BCUT2D eigenvalue weighted by Crippen LogP contribution is 2.61. The predicted molar refractivity (Wildman–Crippen MR) is 164 cm³/mol. The van der Waals surface area contributed by atoms with Gasteiger partial charge in [-0.05, 0) is 96.6 Å². The molecule has 1 heterocycles. The molecule has 43 heavy (non-hydrogen) atoms.